The van der Waals surface area contributed by atoms with E-state index in [-0.39, 0.29) is 23.0 Å². The van der Waals surface area contributed by atoms with Gasteiger partial charge in [0.2, 0.25) is 10.0 Å². The fourth-order valence-electron chi connectivity index (χ4n) is 1.86. The van der Waals surface area contributed by atoms with Gasteiger partial charge in [0.25, 0.3) is 0 Å². The van der Waals surface area contributed by atoms with Gasteiger partial charge in [0.15, 0.2) is 5.78 Å². The molecule has 0 aliphatic rings. The molecule has 2 N–H and O–H groups in total. The third-order valence-corrected chi connectivity index (χ3v) is 4.65. The second-order valence-corrected chi connectivity index (χ2v) is 6.92. The molecule has 0 saturated carbocycles. The number of sulfonamides is 1. The van der Waals surface area contributed by atoms with Crippen molar-refractivity contribution in [1.29, 1.82) is 0 Å². The quantitative estimate of drug-likeness (QED) is 0.788. The summed E-state index contributed by atoms with van der Waals surface area (Å²) in [5.41, 5.74) is -1.03. The maximum atomic E-state index is 12.2. The molecule has 0 aliphatic heterocycles. The molecule has 7 heteroatoms. The highest BCUT2D eigenvalue weighted by Crippen LogP contribution is 2.21. The summed E-state index contributed by atoms with van der Waals surface area (Å²) in [6.45, 7) is 2.62. The van der Waals surface area contributed by atoms with Crippen LogP contribution in [0.1, 0.15) is 30.0 Å². The van der Waals surface area contributed by atoms with Gasteiger partial charge in [-0.2, -0.15) is 0 Å². The van der Waals surface area contributed by atoms with Crippen LogP contribution in [0.4, 0.5) is 0 Å². The van der Waals surface area contributed by atoms with Gasteiger partial charge < -0.3 is 9.52 Å². The molecule has 0 aliphatic carbocycles. The normalized spacial score (nSPS) is 14.5. The van der Waals surface area contributed by atoms with Crippen molar-refractivity contribution in [3.63, 3.8) is 0 Å². The average molecular weight is 323 g/mol. The first-order chi connectivity index (χ1) is 10.2. The lowest BCUT2D eigenvalue weighted by molar-refractivity contribution is 0.0395. The SMILES string of the molecule is CC(=O)c1ccc(S(=O)(=O)NC[C@](C)(O)c2ccco2)cc1. The first-order valence-corrected chi connectivity index (χ1v) is 8.08. The highest BCUT2D eigenvalue weighted by molar-refractivity contribution is 7.89. The van der Waals surface area contributed by atoms with Gasteiger partial charge in [-0.3, -0.25) is 4.79 Å². The fourth-order valence-corrected chi connectivity index (χ4v) is 2.99. The molecule has 0 amide bonds. The smallest absolute Gasteiger partial charge is 0.240 e. The summed E-state index contributed by atoms with van der Waals surface area (Å²) in [7, 11) is -3.79. The Hall–Kier alpha value is -1.96. The summed E-state index contributed by atoms with van der Waals surface area (Å²) in [5, 5.41) is 10.2. The van der Waals surface area contributed by atoms with Gasteiger partial charge in [0, 0.05) is 12.1 Å². The Balaban J connectivity index is 2.13. The van der Waals surface area contributed by atoms with Gasteiger partial charge in [-0.15, -0.1) is 0 Å². The van der Waals surface area contributed by atoms with E-state index in [0.717, 1.165) is 0 Å². The van der Waals surface area contributed by atoms with Crippen molar-refractivity contribution in [2.24, 2.45) is 0 Å². The molecule has 1 atom stereocenters. The summed E-state index contributed by atoms with van der Waals surface area (Å²) in [4.78, 5) is 11.2. The Morgan fingerprint density at radius 2 is 1.91 bits per heavy atom. The minimum Gasteiger partial charge on any atom is -0.466 e. The third-order valence-electron chi connectivity index (χ3n) is 3.23. The molecule has 2 rings (SSSR count). The monoisotopic (exact) mass is 323 g/mol. The second kappa shape index (κ2) is 6.04. The molecular formula is C15H17NO5S. The van der Waals surface area contributed by atoms with E-state index >= 15 is 0 Å². The maximum absolute atomic E-state index is 12.2. The standard InChI is InChI=1S/C15H17NO5S/c1-11(17)12-5-7-13(8-6-12)22(19,20)16-10-15(2,18)14-4-3-9-21-14/h3-9,16,18H,10H2,1-2H3/t15-/m0/s1. The average Bonchev–Trinajstić information content (AvgIpc) is 3.00. The van der Waals surface area contributed by atoms with Gasteiger partial charge in [-0.1, -0.05) is 12.1 Å². The van der Waals surface area contributed by atoms with Crippen LogP contribution in [0.15, 0.2) is 52.0 Å². The predicted molar refractivity (Wildman–Crippen MR) is 79.9 cm³/mol. The lowest BCUT2D eigenvalue weighted by Crippen LogP contribution is -2.38. The van der Waals surface area contributed by atoms with E-state index in [1.165, 1.54) is 44.4 Å². The molecule has 0 radical (unpaired) electrons. The predicted octanol–water partition coefficient (Wildman–Crippen LogP) is 1.67. The number of Topliss-reactive ketones (excluding diaryl/α,β-unsaturated/α-hetero) is 1. The summed E-state index contributed by atoms with van der Waals surface area (Å²) >= 11 is 0. The number of benzene rings is 1. The zero-order valence-electron chi connectivity index (χ0n) is 12.2. The topological polar surface area (TPSA) is 96.6 Å². The van der Waals surface area contributed by atoms with Gasteiger partial charge in [-0.05, 0) is 38.1 Å². The van der Waals surface area contributed by atoms with E-state index in [1.54, 1.807) is 12.1 Å². The fraction of sp³-hybridized carbons (Fsp3) is 0.267. The van der Waals surface area contributed by atoms with Crippen molar-refractivity contribution < 1.29 is 22.7 Å². The number of ketones is 1. The molecule has 118 valence electrons. The van der Waals surface area contributed by atoms with E-state index in [4.69, 9.17) is 4.42 Å². The van der Waals surface area contributed by atoms with Gasteiger partial charge in [0.1, 0.15) is 11.4 Å². The largest absolute Gasteiger partial charge is 0.466 e. The molecule has 0 spiro atoms. The van der Waals surface area contributed by atoms with Crippen LogP contribution < -0.4 is 4.72 Å². The molecule has 22 heavy (non-hydrogen) atoms. The van der Waals surface area contributed by atoms with E-state index in [1.807, 2.05) is 0 Å². The number of rotatable bonds is 6. The Labute approximate surface area is 128 Å². The molecule has 6 nitrogen and oxygen atoms in total. The van der Waals surface area contributed by atoms with Crippen LogP contribution in [-0.2, 0) is 15.6 Å². The number of furan rings is 1. The van der Waals surface area contributed by atoms with E-state index in [0.29, 0.717) is 5.56 Å². The molecule has 0 saturated heterocycles. The second-order valence-electron chi connectivity index (χ2n) is 5.16. The third kappa shape index (κ3) is 3.62. The van der Waals surface area contributed by atoms with Crippen LogP contribution in [0, 0.1) is 0 Å². The first-order valence-electron chi connectivity index (χ1n) is 6.59. The lowest BCUT2D eigenvalue weighted by Gasteiger charge is -2.21. The summed E-state index contributed by atoms with van der Waals surface area (Å²) in [6.07, 6.45) is 1.40. The Kier molecular flexibility index (Phi) is 4.50. The summed E-state index contributed by atoms with van der Waals surface area (Å²) < 4.78 is 31.8. The van der Waals surface area contributed by atoms with E-state index in [9.17, 15) is 18.3 Å². The van der Waals surface area contributed by atoms with Gasteiger partial charge in [0.05, 0.1) is 11.2 Å². The lowest BCUT2D eigenvalue weighted by atomic mass is 10.1. The summed E-state index contributed by atoms with van der Waals surface area (Å²) in [5.74, 6) is 0.125. The van der Waals surface area contributed by atoms with Crippen molar-refractivity contribution in [3.8, 4) is 0 Å². The van der Waals surface area contributed by atoms with Crippen LogP contribution in [0.25, 0.3) is 0 Å². The number of aliphatic hydroxyl groups is 1. The van der Waals surface area contributed by atoms with Crippen LogP contribution >= 0.6 is 0 Å². The Morgan fingerprint density at radius 3 is 2.41 bits per heavy atom. The molecular weight excluding hydrogens is 306 g/mol. The maximum Gasteiger partial charge on any atom is 0.240 e. The Bertz CT molecular complexity index is 746. The molecule has 1 heterocycles. The van der Waals surface area contributed by atoms with E-state index < -0.39 is 15.6 Å². The minimum atomic E-state index is -3.79. The molecule has 0 fully saturated rings. The molecule has 2 aromatic rings. The molecule has 1 aromatic carbocycles. The molecule has 1 aromatic heterocycles. The summed E-state index contributed by atoms with van der Waals surface area (Å²) in [6, 6.07) is 8.76. The van der Waals surface area contributed by atoms with Gasteiger partial charge in [-0.25, -0.2) is 13.1 Å². The number of nitrogens with one attached hydrogen (secondary N) is 1. The first kappa shape index (κ1) is 16.4. The molecule has 0 unspecified atom stereocenters. The van der Waals surface area contributed by atoms with Crippen molar-refractivity contribution in [2.45, 2.75) is 24.3 Å². The number of carbonyl (C=O) groups excluding carboxylic acids is 1. The van der Waals surface area contributed by atoms with Crippen LogP contribution in [0.5, 0.6) is 0 Å². The molecule has 0 bridgehead atoms. The Morgan fingerprint density at radius 1 is 1.27 bits per heavy atom. The minimum absolute atomic E-state index is 0.0211. The van der Waals surface area contributed by atoms with Crippen LogP contribution in [-0.4, -0.2) is 25.9 Å². The zero-order valence-corrected chi connectivity index (χ0v) is 13.1. The van der Waals surface area contributed by atoms with Crippen molar-refractivity contribution in [1.82, 2.24) is 4.72 Å². The number of hydrogen-bond acceptors (Lipinski definition) is 5. The van der Waals surface area contributed by atoms with Gasteiger partial charge >= 0.3 is 0 Å². The van der Waals surface area contributed by atoms with Crippen molar-refractivity contribution in [3.05, 3.63) is 54.0 Å². The van der Waals surface area contributed by atoms with Crippen LogP contribution in [0.2, 0.25) is 0 Å². The number of hydrogen-bond donors (Lipinski definition) is 2. The van der Waals surface area contributed by atoms with Crippen molar-refractivity contribution >= 4 is 15.8 Å². The number of carbonyl (C=O) groups is 1. The van der Waals surface area contributed by atoms with E-state index in [2.05, 4.69) is 4.72 Å². The zero-order chi connectivity index (χ0) is 16.4. The van der Waals surface area contributed by atoms with Crippen LogP contribution in [0.3, 0.4) is 0 Å². The van der Waals surface area contributed by atoms with Crippen molar-refractivity contribution in [2.75, 3.05) is 6.54 Å². The highest BCUT2D eigenvalue weighted by atomic mass is 32.2. The highest BCUT2D eigenvalue weighted by Gasteiger charge is 2.28.